The number of carbonyl (C=O) groups is 1. The molecule has 14 heavy (non-hydrogen) atoms. The summed E-state index contributed by atoms with van der Waals surface area (Å²) in [6.45, 7) is 2.23. The summed E-state index contributed by atoms with van der Waals surface area (Å²) in [6.07, 6.45) is 14.1. The largest absolute Gasteiger partial charge is 0.299 e. The van der Waals surface area contributed by atoms with Gasteiger partial charge < -0.3 is 0 Å². The molecule has 0 aromatic heterocycles. The van der Waals surface area contributed by atoms with Gasteiger partial charge in [-0.3, -0.25) is 4.79 Å². The smallest absolute Gasteiger partial charge is 0.142 e. The molecule has 0 saturated heterocycles. The maximum atomic E-state index is 10.3. The molecule has 0 aromatic carbocycles. The van der Waals surface area contributed by atoms with Gasteiger partial charge in [-0.1, -0.05) is 38.7 Å². The van der Waals surface area contributed by atoms with Crippen molar-refractivity contribution in [1.29, 1.82) is 0 Å². The molecule has 0 bridgehead atoms. The van der Waals surface area contributed by atoms with Crippen LogP contribution in [0.25, 0.3) is 0 Å². The fourth-order valence-corrected chi connectivity index (χ4v) is 2.57. The SMILES string of the molecule is CCCC(C=CC=O)C1CCCCC1. The van der Waals surface area contributed by atoms with Crippen LogP contribution in [0.2, 0.25) is 0 Å². The number of allylic oxidation sites excluding steroid dienone is 2. The third-order valence-electron chi connectivity index (χ3n) is 3.31. The lowest BCUT2D eigenvalue weighted by atomic mass is 9.78. The molecule has 0 spiro atoms. The molecule has 0 heterocycles. The van der Waals surface area contributed by atoms with Gasteiger partial charge in [-0.2, -0.15) is 0 Å². The topological polar surface area (TPSA) is 17.1 Å². The van der Waals surface area contributed by atoms with Crippen LogP contribution in [-0.2, 0) is 4.79 Å². The summed E-state index contributed by atoms with van der Waals surface area (Å²) < 4.78 is 0. The molecule has 1 unspecified atom stereocenters. The number of aldehydes is 1. The van der Waals surface area contributed by atoms with Gasteiger partial charge in [0, 0.05) is 0 Å². The average Bonchev–Trinajstić information content (AvgIpc) is 2.25. The van der Waals surface area contributed by atoms with Crippen LogP contribution in [-0.4, -0.2) is 6.29 Å². The number of rotatable bonds is 5. The van der Waals surface area contributed by atoms with Crippen LogP contribution >= 0.6 is 0 Å². The molecule has 1 nitrogen and oxygen atoms in total. The molecule has 0 aromatic rings. The summed E-state index contributed by atoms with van der Waals surface area (Å²) in [5.41, 5.74) is 0. The van der Waals surface area contributed by atoms with E-state index < -0.39 is 0 Å². The van der Waals surface area contributed by atoms with E-state index in [1.165, 1.54) is 44.9 Å². The number of hydrogen-bond donors (Lipinski definition) is 0. The van der Waals surface area contributed by atoms with Crippen molar-refractivity contribution in [3.8, 4) is 0 Å². The van der Waals surface area contributed by atoms with Crippen molar-refractivity contribution in [2.75, 3.05) is 0 Å². The van der Waals surface area contributed by atoms with Crippen molar-refractivity contribution in [2.45, 2.75) is 51.9 Å². The quantitative estimate of drug-likeness (QED) is 0.481. The molecule has 1 rings (SSSR count). The van der Waals surface area contributed by atoms with E-state index in [1.54, 1.807) is 6.08 Å². The third kappa shape index (κ3) is 3.65. The summed E-state index contributed by atoms with van der Waals surface area (Å²) in [7, 11) is 0. The van der Waals surface area contributed by atoms with E-state index >= 15 is 0 Å². The normalized spacial score (nSPS) is 21.2. The van der Waals surface area contributed by atoms with Crippen molar-refractivity contribution < 1.29 is 4.79 Å². The highest BCUT2D eigenvalue weighted by molar-refractivity contribution is 5.64. The van der Waals surface area contributed by atoms with Gasteiger partial charge in [-0.25, -0.2) is 0 Å². The van der Waals surface area contributed by atoms with Crippen LogP contribution in [0, 0.1) is 11.8 Å². The maximum absolute atomic E-state index is 10.3. The third-order valence-corrected chi connectivity index (χ3v) is 3.31. The molecule has 1 fully saturated rings. The Balaban J connectivity index is 2.46. The van der Waals surface area contributed by atoms with Gasteiger partial charge in [0.2, 0.25) is 0 Å². The van der Waals surface area contributed by atoms with Crippen LogP contribution in [0.15, 0.2) is 12.2 Å². The average molecular weight is 194 g/mol. The van der Waals surface area contributed by atoms with E-state index in [9.17, 15) is 4.79 Å². The minimum atomic E-state index is 0.658. The summed E-state index contributed by atoms with van der Waals surface area (Å²) in [4.78, 5) is 10.3. The lowest BCUT2D eigenvalue weighted by Gasteiger charge is -2.28. The van der Waals surface area contributed by atoms with Crippen molar-refractivity contribution in [2.24, 2.45) is 11.8 Å². The van der Waals surface area contributed by atoms with E-state index in [-0.39, 0.29) is 0 Å². The van der Waals surface area contributed by atoms with Crippen LogP contribution in [0.5, 0.6) is 0 Å². The Morgan fingerprint density at radius 3 is 2.57 bits per heavy atom. The zero-order chi connectivity index (χ0) is 10.2. The molecular weight excluding hydrogens is 172 g/mol. The van der Waals surface area contributed by atoms with Gasteiger partial charge in [0.25, 0.3) is 0 Å². The summed E-state index contributed by atoms with van der Waals surface area (Å²) in [5, 5.41) is 0. The molecular formula is C13H22O. The second-order valence-electron chi connectivity index (χ2n) is 4.37. The van der Waals surface area contributed by atoms with Crippen molar-refractivity contribution >= 4 is 6.29 Å². The predicted octanol–water partition coefficient (Wildman–Crippen LogP) is 3.74. The van der Waals surface area contributed by atoms with Crippen molar-refractivity contribution in [1.82, 2.24) is 0 Å². The predicted molar refractivity (Wildman–Crippen MR) is 60.2 cm³/mol. The van der Waals surface area contributed by atoms with Gasteiger partial charge in [-0.15, -0.1) is 0 Å². The number of carbonyl (C=O) groups excluding carboxylic acids is 1. The Morgan fingerprint density at radius 2 is 2.00 bits per heavy atom. The van der Waals surface area contributed by atoms with Gasteiger partial charge in [-0.05, 0) is 37.2 Å². The first-order valence-corrected chi connectivity index (χ1v) is 6.00. The molecule has 1 aliphatic carbocycles. The van der Waals surface area contributed by atoms with Gasteiger partial charge in [0.1, 0.15) is 6.29 Å². The molecule has 0 radical (unpaired) electrons. The van der Waals surface area contributed by atoms with Crippen LogP contribution in [0.1, 0.15) is 51.9 Å². The van der Waals surface area contributed by atoms with Crippen molar-refractivity contribution in [3.63, 3.8) is 0 Å². The Kier molecular flexibility index (Phi) is 5.58. The van der Waals surface area contributed by atoms with Gasteiger partial charge in [0.15, 0.2) is 0 Å². The first-order valence-electron chi connectivity index (χ1n) is 6.00. The highest BCUT2D eigenvalue weighted by Gasteiger charge is 2.20. The van der Waals surface area contributed by atoms with Crippen LogP contribution in [0.3, 0.4) is 0 Å². The molecule has 0 amide bonds. The van der Waals surface area contributed by atoms with Gasteiger partial charge >= 0.3 is 0 Å². The van der Waals surface area contributed by atoms with Gasteiger partial charge in [0.05, 0.1) is 0 Å². The van der Waals surface area contributed by atoms with Crippen LogP contribution < -0.4 is 0 Å². The summed E-state index contributed by atoms with van der Waals surface area (Å²) >= 11 is 0. The standard InChI is InChI=1S/C13H22O/c1-2-7-12(10-6-11-14)13-8-4-3-5-9-13/h6,10-13H,2-5,7-9H2,1H3. The summed E-state index contributed by atoms with van der Waals surface area (Å²) in [5.74, 6) is 1.50. The lowest BCUT2D eigenvalue weighted by molar-refractivity contribution is -0.104. The van der Waals surface area contributed by atoms with E-state index in [2.05, 4.69) is 13.0 Å². The first-order chi connectivity index (χ1) is 6.88. The maximum Gasteiger partial charge on any atom is 0.142 e. The van der Waals surface area contributed by atoms with E-state index in [1.807, 2.05) is 0 Å². The first kappa shape index (κ1) is 11.5. The fraction of sp³-hybridized carbons (Fsp3) is 0.769. The molecule has 1 aliphatic rings. The molecule has 1 saturated carbocycles. The second-order valence-corrected chi connectivity index (χ2v) is 4.37. The summed E-state index contributed by atoms with van der Waals surface area (Å²) in [6, 6.07) is 0. The zero-order valence-electron chi connectivity index (χ0n) is 9.24. The Hall–Kier alpha value is -0.590. The van der Waals surface area contributed by atoms with E-state index in [0.29, 0.717) is 5.92 Å². The molecule has 1 heteroatoms. The van der Waals surface area contributed by atoms with Crippen molar-refractivity contribution in [3.05, 3.63) is 12.2 Å². The molecule has 80 valence electrons. The van der Waals surface area contributed by atoms with E-state index in [4.69, 9.17) is 0 Å². The lowest BCUT2D eigenvalue weighted by Crippen LogP contribution is -2.16. The highest BCUT2D eigenvalue weighted by Crippen LogP contribution is 2.33. The molecule has 0 aliphatic heterocycles. The van der Waals surface area contributed by atoms with E-state index in [0.717, 1.165) is 12.2 Å². The Morgan fingerprint density at radius 1 is 1.29 bits per heavy atom. The Labute approximate surface area is 87.6 Å². The van der Waals surface area contributed by atoms with Crippen LogP contribution in [0.4, 0.5) is 0 Å². The number of hydrogen-bond acceptors (Lipinski definition) is 1. The monoisotopic (exact) mass is 194 g/mol. The fourth-order valence-electron chi connectivity index (χ4n) is 2.57. The molecule has 0 N–H and O–H groups in total. The Bertz CT molecular complexity index is 178. The zero-order valence-corrected chi connectivity index (χ0v) is 9.24. The molecule has 1 atom stereocenters. The second kappa shape index (κ2) is 6.80. The minimum Gasteiger partial charge on any atom is -0.299 e. The minimum absolute atomic E-state index is 0.658. The highest BCUT2D eigenvalue weighted by atomic mass is 16.1.